The quantitative estimate of drug-likeness (QED) is 0.288. The number of hydrogen-bond donors (Lipinski definition) is 5. The van der Waals surface area contributed by atoms with Crippen LogP contribution in [0.25, 0.3) is 11.3 Å². The molecule has 1 heterocycles. The Morgan fingerprint density at radius 1 is 1.09 bits per heavy atom. The fourth-order valence-electron chi connectivity index (χ4n) is 3.11. The highest BCUT2D eigenvalue weighted by Crippen LogP contribution is 2.29. The van der Waals surface area contributed by atoms with Crippen LogP contribution in [-0.4, -0.2) is 47.0 Å². The molecule has 0 saturated carbocycles. The standard InChI is InChI=1S/C23H24ClN5O6/c1-34-22(32)26-16-9-7-15(8-10-16)18-19(24)29-20(28-18)17(11-12-25-21(30)31)27-23(33)35-13-14-5-3-2-4-6-14/h2-10,17,25H,11-13H2,1H3,(H,26,32)(H,27,33)(H,28,29)(H,30,31)/t17-/m0/s1. The molecule has 0 aliphatic rings. The molecule has 0 radical (unpaired) electrons. The van der Waals surface area contributed by atoms with E-state index in [2.05, 4.69) is 30.7 Å². The molecule has 0 bridgehead atoms. The van der Waals surface area contributed by atoms with Crippen LogP contribution in [0.5, 0.6) is 0 Å². The van der Waals surface area contributed by atoms with E-state index in [-0.39, 0.29) is 24.7 Å². The van der Waals surface area contributed by atoms with Crippen LogP contribution >= 0.6 is 11.6 Å². The third-order valence-electron chi connectivity index (χ3n) is 4.81. The number of methoxy groups -OCH3 is 1. The van der Waals surface area contributed by atoms with Gasteiger partial charge < -0.3 is 30.2 Å². The number of ether oxygens (including phenoxy) is 2. The second-order valence-corrected chi connectivity index (χ2v) is 7.64. The number of aromatic amines is 1. The van der Waals surface area contributed by atoms with Gasteiger partial charge in [0.1, 0.15) is 23.3 Å². The smallest absolute Gasteiger partial charge is 0.411 e. The lowest BCUT2D eigenvalue weighted by Crippen LogP contribution is -2.33. The number of amides is 3. The first-order chi connectivity index (χ1) is 16.9. The Kier molecular flexibility index (Phi) is 8.90. The molecule has 1 aromatic heterocycles. The highest BCUT2D eigenvalue weighted by molar-refractivity contribution is 6.31. The molecule has 3 amide bonds. The molecule has 5 N–H and O–H groups in total. The van der Waals surface area contributed by atoms with Crippen molar-refractivity contribution < 1.29 is 29.0 Å². The summed E-state index contributed by atoms with van der Waals surface area (Å²) in [6, 6.07) is 15.2. The molecule has 0 fully saturated rings. The monoisotopic (exact) mass is 501 g/mol. The van der Waals surface area contributed by atoms with Crippen molar-refractivity contribution in [1.29, 1.82) is 0 Å². The molecule has 3 aromatic rings. The maximum atomic E-state index is 12.4. The molecule has 0 saturated heterocycles. The van der Waals surface area contributed by atoms with Crippen molar-refractivity contribution in [1.82, 2.24) is 20.6 Å². The number of nitrogens with zero attached hydrogens (tertiary/aromatic N) is 1. The maximum Gasteiger partial charge on any atom is 0.411 e. The molecule has 1 atom stereocenters. The Hall–Kier alpha value is -4.25. The summed E-state index contributed by atoms with van der Waals surface area (Å²) < 4.78 is 9.84. The topological polar surface area (TPSA) is 155 Å². The normalized spacial score (nSPS) is 11.3. The summed E-state index contributed by atoms with van der Waals surface area (Å²) in [6.45, 7) is 0.128. The Morgan fingerprint density at radius 2 is 1.80 bits per heavy atom. The number of carbonyl (C=O) groups excluding carboxylic acids is 2. The van der Waals surface area contributed by atoms with Gasteiger partial charge in [0.05, 0.1) is 13.2 Å². The zero-order chi connectivity index (χ0) is 25.2. The lowest BCUT2D eigenvalue weighted by Gasteiger charge is -2.16. The first kappa shape index (κ1) is 25.4. The minimum Gasteiger partial charge on any atom is -0.465 e. The van der Waals surface area contributed by atoms with Crippen molar-refractivity contribution in [2.45, 2.75) is 19.1 Å². The van der Waals surface area contributed by atoms with E-state index in [0.29, 0.717) is 22.8 Å². The zero-order valence-electron chi connectivity index (χ0n) is 18.7. The molecule has 0 spiro atoms. The van der Waals surface area contributed by atoms with Crippen LogP contribution < -0.4 is 16.0 Å². The number of H-pyrrole nitrogens is 1. The molecule has 35 heavy (non-hydrogen) atoms. The van der Waals surface area contributed by atoms with E-state index < -0.39 is 24.3 Å². The summed E-state index contributed by atoms with van der Waals surface area (Å²) in [5, 5.41) is 16.6. The molecule has 0 unspecified atom stereocenters. The second kappa shape index (κ2) is 12.3. The minimum absolute atomic E-state index is 0.0561. The third kappa shape index (κ3) is 7.64. The SMILES string of the molecule is COC(=O)Nc1ccc(-c2nc([C@H](CCNC(=O)O)NC(=O)OCc3ccccc3)[nH]c2Cl)cc1. The second-order valence-electron chi connectivity index (χ2n) is 7.26. The number of alkyl carbamates (subject to hydrolysis) is 1. The predicted octanol–water partition coefficient (Wildman–Crippen LogP) is 4.53. The highest BCUT2D eigenvalue weighted by atomic mass is 35.5. The van der Waals surface area contributed by atoms with Crippen LogP contribution in [0.15, 0.2) is 54.6 Å². The summed E-state index contributed by atoms with van der Waals surface area (Å²) in [5.74, 6) is 0.325. The van der Waals surface area contributed by atoms with E-state index in [4.69, 9.17) is 21.4 Å². The summed E-state index contributed by atoms with van der Waals surface area (Å²) in [5.41, 5.74) is 2.41. The summed E-state index contributed by atoms with van der Waals surface area (Å²) in [6.07, 6.45) is -2.28. The van der Waals surface area contributed by atoms with Gasteiger partial charge in [-0.15, -0.1) is 0 Å². The van der Waals surface area contributed by atoms with Crippen molar-refractivity contribution in [3.8, 4) is 11.3 Å². The van der Waals surface area contributed by atoms with Gasteiger partial charge in [-0.25, -0.2) is 19.4 Å². The van der Waals surface area contributed by atoms with Crippen molar-refractivity contribution in [3.05, 3.63) is 71.1 Å². The Bertz CT molecular complexity index is 1150. The van der Waals surface area contributed by atoms with Gasteiger partial charge in [-0.05, 0) is 24.1 Å². The Labute approximate surface area is 205 Å². The average molecular weight is 502 g/mol. The van der Waals surface area contributed by atoms with Gasteiger partial charge >= 0.3 is 18.3 Å². The van der Waals surface area contributed by atoms with E-state index in [1.54, 1.807) is 24.3 Å². The van der Waals surface area contributed by atoms with E-state index in [1.165, 1.54) is 7.11 Å². The molecular weight excluding hydrogens is 478 g/mol. The van der Waals surface area contributed by atoms with Crippen LogP contribution in [0.3, 0.4) is 0 Å². The number of hydrogen-bond acceptors (Lipinski definition) is 6. The van der Waals surface area contributed by atoms with Gasteiger partial charge in [-0.3, -0.25) is 5.32 Å². The number of nitrogens with one attached hydrogen (secondary N) is 4. The van der Waals surface area contributed by atoms with Gasteiger partial charge in [0.2, 0.25) is 0 Å². The predicted molar refractivity (Wildman–Crippen MR) is 128 cm³/mol. The molecule has 184 valence electrons. The summed E-state index contributed by atoms with van der Waals surface area (Å²) >= 11 is 6.37. The number of halogens is 1. The Morgan fingerprint density at radius 3 is 2.46 bits per heavy atom. The van der Waals surface area contributed by atoms with Crippen LogP contribution in [0, 0.1) is 0 Å². The number of rotatable bonds is 9. The number of benzene rings is 2. The largest absolute Gasteiger partial charge is 0.465 e. The maximum absolute atomic E-state index is 12.4. The summed E-state index contributed by atoms with van der Waals surface area (Å²) in [4.78, 5) is 42.1. The summed E-state index contributed by atoms with van der Waals surface area (Å²) in [7, 11) is 1.27. The lowest BCUT2D eigenvalue weighted by molar-refractivity contribution is 0.134. The van der Waals surface area contributed by atoms with E-state index in [1.807, 2.05) is 30.3 Å². The van der Waals surface area contributed by atoms with E-state index >= 15 is 0 Å². The number of carbonyl (C=O) groups is 3. The number of imidazole rings is 1. The van der Waals surface area contributed by atoms with Gasteiger partial charge in [0.25, 0.3) is 0 Å². The van der Waals surface area contributed by atoms with Crippen LogP contribution in [0.4, 0.5) is 20.1 Å². The number of anilines is 1. The van der Waals surface area contributed by atoms with E-state index in [9.17, 15) is 14.4 Å². The Balaban J connectivity index is 1.73. The minimum atomic E-state index is -1.19. The van der Waals surface area contributed by atoms with Crippen molar-refractivity contribution in [3.63, 3.8) is 0 Å². The van der Waals surface area contributed by atoms with E-state index in [0.717, 1.165) is 5.56 Å². The van der Waals surface area contributed by atoms with Crippen molar-refractivity contribution >= 4 is 35.6 Å². The van der Waals surface area contributed by atoms with Crippen LogP contribution in [-0.2, 0) is 16.1 Å². The molecular formula is C23H24ClN5O6. The number of carboxylic acid groups (broad SMARTS) is 1. The van der Waals surface area contributed by atoms with Crippen molar-refractivity contribution in [2.24, 2.45) is 0 Å². The zero-order valence-corrected chi connectivity index (χ0v) is 19.5. The van der Waals surface area contributed by atoms with Crippen LogP contribution in [0.2, 0.25) is 5.15 Å². The van der Waals surface area contributed by atoms with Crippen molar-refractivity contribution in [2.75, 3.05) is 19.0 Å². The number of aromatic nitrogens is 2. The first-order valence-corrected chi connectivity index (χ1v) is 10.9. The van der Waals surface area contributed by atoms with Gasteiger partial charge in [0.15, 0.2) is 0 Å². The fraction of sp³-hybridized carbons (Fsp3) is 0.217. The molecule has 0 aliphatic carbocycles. The van der Waals surface area contributed by atoms with Crippen LogP contribution in [0.1, 0.15) is 23.9 Å². The first-order valence-electron chi connectivity index (χ1n) is 10.5. The highest BCUT2D eigenvalue weighted by Gasteiger charge is 2.22. The van der Waals surface area contributed by atoms with Gasteiger partial charge in [0, 0.05) is 17.8 Å². The molecule has 11 nitrogen and oxygen atoms in total. The molecule has 0 aliphatic heterocycles. The van der Waals surface area contributed by atoms with Gasteiger partial charge in [-0.1, -0.05) is 54.1 Å². The molecule has 3 rings (SSSR count). The van der Waals surface area contributed by atoms with Gasteiger partial charge in [-0.2, -0.15) is 0 Å². The molecule has 2 aromatic carbocycles. The molecule has 12 heteroatoms. The average Bonchev–Trinajstić information content (AvgIpc) is 3.24. The fourth-order valence-corrected chi connectivity index (χ4v) is 3.36. The lowest BCUT2D eigenvalue weighted by atomic mass is 10.1. The third-order valence-corrected chi connectivity index (χ3v) is 5.09.